The van der Waals surface area contributed by atoms with Gasteiger partial charge in [-0.25, -0.2) is 13.2 Å². The van der Waals surface area contributed by atoms with E-state index in [0.29, 0.717) is 5.39 Å². The summed E-state index contributed by atoms with van der Waals surface area (Å²) in [5.74, 6) is -0.897. The molecule has 0 aliphatic heterocycles. The van der Waals surface area contributed by atoms with Gasteiger partial charge in [0.05, 0.1) is 7.11 Å². The molecule has 188 valence electrons. The molecule has 3 aromatic carbocycles. The van der Waals surface area contributed by atoms with Crippen LogP contribution < -0.4 is 4.74 Å². The molecule has 4 heteroatoms. The summed E-state index contributed by atoms with van der Waals surface area (Å²) < 4.78 is 48.3. The third-order valence-electron chi connectivity index (χ3n) is 7.81. The van der Waals surface area contributed by atoms with Crippen LogP contribution in [0.15, 0.2) is 42.5 Å². The minimum atomic E-state index is -0.845. The Bertz CT molecular complexity index is 1110. The minimum Gasteiger partial charge on any atom is -0.491 e. The van der Waals surface area contributed by atoms with Gasteiger partial charge in [-0.05, 0) is 53.3 Å². The van der Waals surface area contributed by atoms with Crippen molar-refractivity contribution in [2.75, 3.05) is 7.11 Å². The fourth-order valence-corrected chi connectivity index (χ4v) is 5.67. The molecular weight excluding hydrogens is 445 g/mol. The Morgan fingerprint density at radius 3 is 2.14 bits per heavy atom. The lowest BCUT2D eigenvalue weighted by molar-refractivity contribution is 0.249. The van der Waals surface area contributed by atoms with E-state index in [0.717, 1.165) is 35.8 Å². The van der Waals surface area contributed by atoms with Crippen LogP contribution in [0.4, 0.5) is 13.2 Å². The predicted molar refractivity (Wildman–Crippen MR) is 138 cm³/mol. The molecule has 4 rings (SSSR count). The normalized spacial score (nSPS) is 18.2. The number of halogens is 3. The monoisotopic (exact) mass is 482 g/mol. The van der Waals surface area contributed by atoms with Gasteiger partial charge < -0.3 is 4.74 Å². The van der Waals surface area contributed by atoms with Crippen LogP contribution in [-0.4, -0.2) is 7.11 Å². The maximum atomic E-state index is 15.3. The molecule has 0 unspecified atom stereocenters. The SMILES string of the molecule is CCCCCC[C@H]1CC[C@H](CCc2ccc3c(F)c(-c4cc(F)c(OC)c(F)c4)ccc3c2)CC1. The maximum Gasteiger partial charge on any atom is 0.190 e. The number of ether oxygens (including phenoxy) is 1. The van der Waals surface area contributed by atoms with Crippen molar-refractivity contribution in [3.8, 4) is 16.9 Å². The topological polar surface area (TPSA) is 9.23 Å². The first-order valence-corrected chi connectivity index (χ1v) is 13.2. The molecule has 3 aromatic rings. The third-order valence-corrected chi connectivity index (χ3v) is 7.81. The first-order valence-electron chi connectivity index (χ1n) is 13.2. The van der Waals surface area contributed by atoms with Gasteiger partial charge in [0, 0.05) is 10.9 Å². The zero-order valence-corrected chi connectivity index (χ0v) is 21.0. The Balaban J connectivity index is 1.38. The van der Waals surface area contributed by atoms with Crippen molar-refractivity contribution in [1.82, 2.24) is 0 Å². The first kappa shape index (κ1) is 25.6. The van der Waals surface area contributed by atoms with Crippen LogP contribution in [0, 0.1) is 29.3 Å². The average molecular weight is 483 g/mol. The summed E-state index contributed by atoms with van der Waals surface area (Å²) >= 11 is 0. The van der Waals surface area contributed by atoms with E-state index in [1.54, 1.807) is 12.1 Å². The van der Waals surface area contributed by atoms with Crippen molar-refractivity contribution >= 4 is 10.8 Å². The molecule has 35 heavy (non-hydrogen) atoms. The van der Waals surface area contributed by atoms with Crippen LogP contribution in [0.3, 0.4) is 0 Å². The maximum absolute atomic E-state index is 15.3. The van der Waals surface area contributed by atoms with Gasteiger partial charge in [-0.1, -0.05) is 95.0 Å². The summed E-state index contributed by atoms with van der Waals surface area (Å²) in [6.07, 6.45) is 14.4. The predicted octanol–water partition coefficient (Wildman–Crippen LogP) is 9.64. The number of fused-ring (bicyclic) bond motifs is 1. The van der Waals surface area contributed by atoms with E-state index in [-0.39, 0.29) is 11.1 Å². The molecule has 0 aromatic heterocycles. The molecule has 1 fully saturated rings. The number of methoxy groups -OCH3 is 1. The Morgan fingerprint density at radius 1 is 0.800 bits per heavy atom. The van der Waals surface area contributed by atoms with E-state index in [2.05, 4.69) is 13.0 Å². The molecule has 0 heterocycles. The summed E-state index contributed by atoms with van der Waals surface area (Å²) in [6.45, 7) is 2.27. The fourth-order valence-electron chi connectivity index (χ4n) is 5.67. The van der Waals surface area contributed by atoms with E-state index < -0.39 is 23.2 Å². The summed E-state index contributed by atoms with van der Waals surface area (Å²) in [7, 11) is 1.20. The number of hydrogen-bond acceptors (Lipinski definition) is 1. The highest BCUT2D eigenvalue weighted by atomic mass is 19.1. The number of hydrogen-bond donors (Lipinski definition) is 0. The van der Waals surface area contributed by atoms with Crippen molar-refractivity contribution in [3.05, 3.63) is 65.5 Å². The molecule has 1 nitrogen and oxygen atoms in total. The fraction of sp³-hybridized carbons (Fsp3) is 0.484. The Kier molecular flexibility index (Phi) is 8.75. The van der Waals surface area contributed by atoms with Crippen molar-refractivity contribution < 1.29 is 17.9 Å². The standard InChI is InChI=1S/C31H37F3O/c1-3-4-5-6-7-21-8-10-22(11-9-21)12-13-23-14-16-26-24(18-23)15-17-27(30(26)34)25-19-28(32)31(35-2)29(33)20-25/h14-22H,3-13H2,1-2H3/t21-,22-. The summed E-state index contributed by atoms with van der Waals surface area (Å²) in [5.41, 5.74) is 1.55. The zero-order valence-electron chi connectivity index (χ0n) is 21.0. The average Bonchev–Trinajstić information content (AvgIpc) is 2.86. The van der Waals surface area contributed by atoms with Crippen LogP contribution in [0.2, 0.25) is 0 Å². The Hall–Kier alpha value is -2.49. The van der Waals surface area contributed by atoms with Crippen LogP contribution in [-0.2, 0) is 6.42 Å². The second-order valence-electron chi connectivity index (χ2n) is 10.2. The second kappa shape index (κ2) is 12.0. The zero-order chi connectivity index (χ0) is 24.8. The third kappa shape index (κ3) is 6.20. The molecule has 0 amide bonds. The summed E-state index contributed by atoms with van der Waals surface area (Å²) in [6, 6.07) is 11.5. The quantitative estimate of drug-likeness (QED) is 0.261. The molecular formula is C31H37F3O. The second-order valence-corrected chi connectivity index (χ2v) is 10.2. The van der Waals surface area contributed by atoms with Gasteiger partial charge in [0.25, 0.3) is 0 Å². The number of rotatable bonds is 10. The van der Waals surface area contributed by atoms with Gasteiger partial charge in [0.15, 0.2) is 17.4 Å². The Labute approximate surface area is 207 Å². The van der Waals surface area contributed by atoms with Gasteiger partial charge in [0.1, 0.15) is 5.82 Å². The lowest BCUT2D eigenvalue weighted by Gasteiger charge is -2.28. The molecule has 1 aliphatic carbocycles. The summed E-state index contributed by atoms with van der Waals surface area (Å²) in [5, 5.41) is 1.28. The lowest BCUT2D eigenvalue weighted by Crippen LogP contribution is -2.15. The van der Waals surface area contributed by atoms with E-state index >= 15 is 4.39 Å². The van der Waals surface area contributed by atoms with Crippen LogP contribution in [0.25, 0.3) is 21.9 Å². The van der Waals surface area contributed by atoms with Crippen LogP contribution in [0.5, 0.6) is 5.75 Å². The smallest absolute Gasteiger partial charge is 0.190 e. The van der Waals surface area contributed by atoms with Gasteiger partial charge in [-0.2, -0.15) is 0 Å². The van der Waals surface area contributed by atoms with Crippen molar-refractivity contribution in [1.29, 1.82) is 0 Å². The van der Waals surface area contributed by atoms with Gasteiger partial charge in [-0.15, -0.1) is 0 Å². The van der Waals surface area contributed by atoms with E-state index in [1.165, 1.54) is 76.9 Å². The lowest BCUT2D eigenvalue weighted by atomic mass is 9.77. The highest BCUT2D eigenvalue weighted by Gasteiger charge is 2.21. The van der Waals surface area contributed by atoms with E-state index in [4.69, 9.17) is 4.74 Å². The number of benzene rings is 3. The molecule has 0 radical (unpaired) electrons. The molecule has 0 spiro atoms. The van der Waals surface area contributed by atoms with E-state index in [1.807, 2.05) is 12.1 Å². The van der Waals surface area contributed by atoms with Crippen LogP contribution >= 0.6 is 0 Å². The molecule has 0 N–H and O–H groups in total. The van der Waals surface area contributed by atoms with Crippen molar-refractivity contribution in [2.24, 2.45) is 11.8 Å². The molecule has 0 bridgehead atoms. The Morgan fingerprint density at radius 2 is 1.49 bits per heavy atom. The summed E-state index contributed by atoms with van der Waals surface area (Å²) in [4.78, 5) is 0. The van der Waals surface area contributed by atoms with Crippen LogP contribution in [0.1, 0.15) is 76.7 Å². The number of aryl methyl sites for hydroxylation is 1. The van der Waals surface area contributed by atoms with E-state index in [9.17, 15) is 8.78 Å². The van der Waals surface area contributed by atoms with Gasteiger partial charge in [0.2, 0.25) is 0 Å². The molecule has 1 saturated carbocycles. The van der Waals surface area contributed by atoms with Gasteiger partial charge >= 0.3 is 0 Å². The minimum absolute atomic E-state index is 0.158. The van der Waals surface area contributed by atoms with Crippen molar-refractivity contribution in [2.45, 2.75) is 77.6 Å². The van der Waals surface area contributed by atoms with Crippen molar-refractivity contribution in [3.63, 3.8) is 0 Å². The largest absolute Gasteiger partial charge is 0.491 e. The highest BCUT2D eigenvalue weighted by Crippen LogP contribution is 2.36. The molecule has 0 saturated heterocycles. The molecule has 0 atom stereocenters. The van der Waals surface area contributed by atoms with Gasteiger partial charge in [-0.3, -0.25) is 0 Å². The highest BCUT2D eigenvalue weighted by molar-refractivity contribution is 5.88. The molecule has 1 aliphatic rings. The first-order chi connectivity index (χ1) is 17.0. The number of unbranched alkanes of at least 4 members (excludes halogenated alkanes) is 3.